The summed E-state index contributed by atoms with van der Waals surface area (Å²) in [4.78, 5) is 43.8. The van der Waals surface area contributed by atoms with Gasteiger partial charge in [-0.15, -0.1) is 0 Å². The zero-order valence-electron chi connectivity index (χ0n) is 40.6. The Hall–Kier alpha value is -2.00. The average Bonchev–Trinajstić information content (AvgIpc) is 3.29. The van der Waals surface area contributed by atoms with E-state index in [0.717, 1.165) is 57.8 Å². The lowest BCUT2D eigenvalue weighted by Gasteiger charge is -2.19. The van der Waals surface area contributed by atoms with E-state index < -0.39 is 85.5 Å². The van der Waals surface area contributed by atoms with Crippen LogP contribution in [0.15, 0.2) is 48.6 Å². The summed E-state index contributed by atoms with van der Waals surface area (Å²) in [5.41, 5.74) is 0. The first-order chi connectivity index (χ1) is 31.8. The van der Waals surface area contributed by atoms with Crippen molar-refractivity contribution in [3.63, 3.8) is 0 Å². The van der Waals surface area contributed by atoms with E-state index in [2.05, 4.69) is 51.7 Å². The van der Waals surface area contributed by atoms with Crippen LogP contribution in [0.3, 0.4) is 0 Å². The molecule has 0 aromatic heterocycles. The number of aliphatic hydroxyl groups excluding tert-OH is 3. The van der Waals surface area contributed by atoms with E-state index in [1.54, 1.807) is 0 Å². The third kappa shape index (κ3) is 47.1. The molecule has 0 bridgehead atoms. The van der Waals surface area contributed by atoms with E-state index in [-0.39, 0.29) is 12.8 Å². The van der Waals surface area contributed by atoms with Crippen LogP contribution in [0.1, 0.15) is 194 Å². The highest BCUT2D eigenvalue weighted by molar-refractivity contribution is 7.47. The molecule has 0 aliphatic carbocycles. The highest BCUT2D eigenvalue weighted by atomic mass is 31.2. The van der Waals surface area contributed by atoms with Gasteiger partial charge in [0.1, 0.15) is 31.5 Å². The summed E-state index contributed by atoms with van der Waals surface area (Å²) in [6, 6.07) is 0. The van der Waals surface area contributed by atoms with Gasteiger partial charge in [-0.25, -0.2) is 9.13 Å². The second-order valence-electron chi connectivity index (χ2n) is 16.9. The molecule has 0 aliphatic rings. The van der Waals surface area contributed by atoms with Crippen molar-refractivity contribution in [1.82, 2.24) is 0 Å². The van der Waals surface area contributed by atoms with Crippen molar-refractivity contribution in [3.05, 3.63) is 48.6 Å². The number of rotatable bonds is 48. The highest BCUT2D eigenvalue weighted by Crippen LogP contribution is 2.45. The Bertz CT molecular complexity index is 1370. The second kappa shape index (κ2) is 45.4. The van der Waals surface area contributed by atoms with Crippen LogP contribution in [0.25, 0.3) is 0 Å². The predicted molar refractivity (Wildman–Crippen MR) is 261 cm³/mol. The normalized spacial score (nSPS) is 15.4. The molecule has 5 unspecified atom stereocenters. The van der Waals surface area contributed by atoms with E-state index in [4.69, 9.17) is 14.0 Å². The van der Waals surface area contributed by atoms with Crippen LogP contribution in [0.2, 0.25) is 0 Å². The van der Waals surface area contributed by atoms with Gasteiger partial charge in [-0.3, -0.25) is 27.7 Å². The summed E-state index contributed by atoms with van der Waals surface area (Å²) in [6.07, 6.45) is 42.5. The minimum absolute atomic E-state index is 0.172. The monoisotopic (exact) mass is 981 g/mol. The van der Waals surface area contributed by atoms with Crippen LogP contribution in [-0.4, -0.2) is 95.0 Å². The maximum atomic E-state index is 12.2. The number of carbonyl (C=O) groups is 2. The molecule has 0 aliphatic heterocycles. The molecular formula is C49H90O15P2. The van der Waals surface area contributed by atoms with Gasteiger partial charge >= 0.3 is 27.6 Å². The number of hydrogen-bond donors (Lipinski definition) is 5. The van der Waals surface area contributed by atoms with Crippen LogP contribution < -0.4 is 0 Å². The van der Waals surface area contributed by atoms with Crippen molar-refractivity contribution < 1.29 is 71.4 Å². The fourth-order valence-electron chi connectivity index (χ4n) is 6.44. The number of carbonyl (C=O) groups excluding carboxylic acids is 2. The molecule has 0 aromatic rings. The maximum absolute atomic E-state index is 12.2. The SMILES string of the molecule is CC/C=C/C=C/C=C\CCCCCCCC(=O)OCC(O)COP(=O)(O)OCC(O)COP(=O)(O)OCC(O)COC(=O)CCCCCCCCCCCCC/C=C/CCCCCCCC. The molecule has 0 saturated heterocycles. The van der Waals surface area contributed by atoms with Crippen LogP contribution in [0.5, 0.6) is 0 Å². The van der Waals surface area contributed by atoms with Crippen molar-refractivity contribution in [3.8, 4) is 0 Å². The van der Waals surface area contributed by atoms with Gasteiger partial charge < -0.3 is 34.6 Å². The van der Waals surface area contributed by atoms with Gasteiger partial charge in [-0.2, -0.15) is 0 Å². The first kappa shape index (κ1) is 64.0. The van der Waals surface area contributed by atoms with E-state index in [0.29, 0.717) is 12.8 Å². The van der Waals surface area contributed by atoms with Gasteiger partial charge in [-0.05, 0) is 57.8 Å². The molecule has 0 fully saturated rings. The molecule has 0 heterocycles. The fraction of sp³-hybridized carbons (Fsp3) is 0.796. The summed E-state index contributed by atoms with van der Waals surface area (Å²) in [5, 5.41) is 30.0. The number of aliphatic hydroxyl groups is 3. The molecule has 15 nitrogen and oxygen atoms in total. The number of hydrogen-bond acceptors (Lipinski definition) is 13. The predicted octanol–water partition coefficient (Wildman–Crippen LogP) is 11.6. The van der Waals surface area contributed by atoms with Crippen molar-refractivity contribution in [1.29, 1.82) is 0 Å². The van der Waals surface area contributed by atoms with Gasteiger partial charge in [-0.1, -0.05) is 172 Å². The van der Waals surface area contributed by atoms with E-state index in [1.165, 1.54) is 96.3 Å². The van der Waals surface area contributed by atoms with E-state index in [1.807, 2.05) is 24.3 Å². The molecule has 0 rings (SSSR count). The van der Waals surface area contributed by atoms with Gasteiger partial charge in [0.15, 0.2) is 0 Å². The van der Waals surface area contributed by atoms with Crippen molar-refractivity contribution in [2.75, 3.05) is 39.6 Å². The van der Waals surface area contributed by atoms with Crippen LogP contribution >= 0.6 is 15.6 Å². The third-order valence-corrected chi connectivity index (χ3v) is 12.2. The lowest BCUT2D eigenvalue weighted by Crippen LogP contribution is -2.25. The zero-order chi connectivity index (χ0) is 48.8. The molecule has 0 spiro atoms. The number of phosphoric ester groups is 2. The Morgan fingerprint density at radius 2 is 0.712 bits per heavy atom. The average molecular weight is 981 g/mol. The Balaban J connectivity index is 3.85. The summed E-state index contributed by atoms with van der Waals surface area (Å²) in [5.74, 6) is -1.01. The minimum atomic E-state index is -4.79. The molecule has 0 radical (unpaired) electrons. The van der Waals surface area contributed by atoms with E-state index >= 15 is 0 Å². The smallest absolute Gasteiger partial charge is 0.463 e. The lowest BCUT2D eigenvalue weighted by atomic mass is 10.0. The van der Waals surface area contributed by atoms with Crippen molar-refractivity contribution in [2.24, 2.45) is 0 Å². The Labute approximate surface area is 398 Å². The van der Waals surface area contributed by atoms with Crippen LogP contribution in [0, 0.1) is 0 Å². The van der Waals surface area contributed by atoms with Gasteiger partial charge in [0, 0.05) is 12.8 Å². The minimum Gasteiger partial charge on any atom is -0.463 e. The van der Waals surface area contributed by atoms with Gasteiger partial charge in [0.25, 0.3) is 0 Å². The topological polar surface area (TPSA) is 225 Å². The Morgan fingerprint density at radius 3 is 1.08 bits per heavy atom. The standard InChI is InChI=1S/C49H90O15P2/c1-3-5-7-9-11-13-15-17-18-19-20-21-22-23-24-26-28-30-32-34-36-38-49(54)60-40-46(51)42-62-66(57,58)64-44-47(52)43-63-65(55,56)61-41-45(50)39-59-48(53)37-35-33-31-29-27-25-16-14-12-10-8-6-4-2/h6,8,10,12,14,16-18,45-47,50-52H,3-5,7,9,11,13,15,19-44H2,1-2H3,(H,55,56)(H,57,58)/b8-6+,12-10+,16-14-,18-17+. The van der Waals surface area contributed by atoms with Crippen LogP contribution in [-0.2, 0) is 46.3 Å². The largest absolute Gasteiger partial charge is 0.472 e. The quantitative estimate of drug-likeness (QED) is 0.0126. The Kier molecular flexibility index (Phi) is 44.1. The molecular weight excluding hydrogens is 890 g/mol. The third-order valence-electron chi connectivity index (χ3n) is 10.3. The summed E-state index contributed by atoms with van der Waals surface area (Å²) < 4.78 is 53.0. The second-order valence-corrected chi connectivity index (χ2v) is 19.8. The van der Waals surface area contributed by atoms with Gasteiger partial charge in [0.05, 0.1) is 26.4 Å². The lowest BCUT2D eigenvalue weighted by molar-refractivity contribution is -0.148. The molecule has 66 heavy (non-hydrogen) atoms. The Morgan fingerprint density at radius 1 is 0.409 bits per heavy atom. The summed E-state index contributed by atoms with van der Waals surface area (Å²) in [6.45, 7) is 0.267. The molecule has 386 valence electrons. The summed E-state index contributed by atoms with van der Waals surface area (Å²) in [7, 11) is -9.58. The fourth-order valence-corrected chi connectivity index (χ4v) is 8.03. The van der Waals surface area contributed by atoms with Crippen molar-refractivity contribution >= 4 is 27.6 Å². The first-order valence-corrected chi connectivity index (χ1v) is 28.0. The molecule has 0 saturated carbocycles. The molecule has 5 atom stereocenters. The highest BCUT2D eigenvalue weighted by Gasteiger charge is 2.28. The number of allylic oxidation sites excluding steroid dienone is 8. The zero-order valence-corrected chi connectivity index (χ0v) is 42.4. The maximum Gasteiger partial charge on any atom is 0.472 e. The number of unbranched alkanes of at least 4 members (excludes halogenated alkanes) is 22. The number of ether oxygens (including phenoxy) is 2. The molecule has 17 heteroatoms. The van der Waals surface area contributed by atoms with Crippen molar-refractivity contribution in [2.45, 2.75) is 212 Å². The van der Waals surface area contributed by atoms with Crippen LogP contribution in [0.4, 0.5) is 0 Å². The van der Waals surface area contributed by atoms with Gasteiger partial charge in [0.2, 0.25) is 0 Å². The number of phosphoric acid groups is 2. The molecule has 0 amide bonds. The molecule has 5 N–H and O–H groups in total. The van der Waals surface area contributed by atoms with E-state index in [9.17, 15) is 43.8 Å². The summed E-state index contributed by atoms with van der Waals surface area (Å²) >= 11 is 0. The molecule has 0 aromatic carbocycles. The first-order valence-electron chi connectivity index (χ1n) is 25.0. The number of esters is 2.